The first kappa shape index (κ1) is 10.9. The number of rotatable bonds is 2. The Morgan fingerprint density at radius 2 is 1.62 bits per heavy atom. The van der Waals surface area contributed by atoms with Gasteiger partial charge in [0.1, 0.15) is 18.3 Å². The lowest BCUT2D eigenvalue weighted by atomic mass is 10.00. The summed E-state index contributed by atoms with van der Waals surface area (Å²) in [6.45, 7) is 1.67. The van der Waals surface area contributed by atoms with Crippen molar-refractivity contribution in [2.45, 2.75) is 37.6 Å². The zero-order valence-electron chi connectivity index (χ0n) is 8.01. The fourth-order valence-corrected chi connectivity index (χ4v) is 1.53. The molecule has 1 aliphatic rings. The van der Waals surface area contributed by atoms with Crippen molar-refractivity contribution in [3.05, 3.63) is 0 Å². The normalized spacial score (nSPS) is 46.4. The predicted octanol–water partition coefficient (Wildman–Crippen LogP) is -0.886. The largest absolute Gasteiger partial charge is 0.388 e. The summed E-state index contributed by atoms with van der Waals surface area (Å²) in [4.78, 5) is 0. The van der Waals surface area contributed by atoms with Crippen molar-refractivity contribution >= 4 is 0 Å². The van der Waals surface area contributed by atoms with E-state index in [0.29, 0.717) is 0 Å². The summed E-state index contributed by atoms with van der Waals surface area (Å²) < 4.78 is 15.0. The van der Waals surface area contributed by atoms with Gasteiger partial charge in [-0.15, -0.1) is 0 Å². The molecule has 5 nitrogen and oxygen atoms in total. The highest BCUT2D eigenvalue weighted by atomic mass is 16.7. The third-order valence-electron chi connectivity index (χ3n) is 2.32. The van der Waals surface area contributed by atoms with Gasteiger partial charge >= 0.3 is 0 Å². The number of methoxy groups -OCH3 is 2. The van der Waals surface area contributed by atoms with Crippen LogP contribution in [0.4, 0.5) is 0 Å². The second-order valence-electron chi connectivity index (χ2n) is 3.12. The Hall–Kier alpha value is -0.200. The summed E-state index contributed by atoms with van der Waals surface area (Å²) in [5, 5.41) is 19.0. The Kier molecular flexibility index (Phi) is 3.63. The summed E-state index contributed by atoms with van der Waals surface area (Å²) in [7, 11) is 2.90. The summed E-state index contributed by atoms with van der Waals surface area (Å²) in [5.41, 5.74) is 0. The van der Waals surface area contributed by atoms with Crippen LogP contribution >= 0.6 is 0 Å². The van der Waals surface area contributed by atoms with E-state index < -0.39 is 30.7 Å². The fraction of sp³-hybridized carbons (Fsp3) is 1.00. The lowest BCUT2D eigenvalue weighted by Gasteiger charge is -2.40. The van der Waals surface area contributed by atoms with Crippen molar-refractivity contribution in [2.24, 2.45) is 0 Å². The smallest absolute Gasteiger partial charge is 0.184 e. The van der Waals surface area contributed by atoms with E-state index in [1.54, 1.807) is 6.92 Å². The van der Waals surface area contributed by atoms with Gasteiger partial charge in [0.05, 0.1) is 6.10 Å². The van der Waals surface area contributed by atoms with E-state index in [2.05, 4.69) is 0 Å². The number of aliphatic hydroxyl groups is 2. The van der Waals surface area contributed by atoms with Crippen LogP contribution in [0, 0.1) is 0 Å². The average molecular weight is 192 g/mol. The minimum absolute atomic E-state index is 0.452. The van der Waals surface area contributed by atoms with Gasteiger partial charge in [0.25, 0.3) is 0 Å². The molecule has 0 aliphatic carbocycles. The van der Waals surface area contributed by atoms with Crippen LogP contribution in [0.15, 0.2) is 0 Å². The summed E-state index contributed by atoms with van der Waals surface area (Å²) in [6.07, 6.45) is -3.47. The van der Waals surface area contributed by atoms with Gasteiger partial charge in [-0.1, -0.05) is 0 Å². The van der Waals surface area contributed by atoms with Gasteiger partial charge in [-0.05, 0) is 6.92 Å². The van der Waals surface area contributed by atoms with Gasteiger partial charge in [-0.2, -0.15) is 0 Å². The molecule has 0 radical (unpaired) electrons. The molecule has 5 heteroatoms. The van der Waals surface area contributed by atoms with E-state index in [0.717, 1.165) is 0 Å². The fourth-order valence-electron chi connectivity index (χ4n) is 1.53. The molecule has 0 aromatic heterocycles. The third-order valence-corrected chi connectivity index (χ3v) is 2.32. The highest BCUT2D eigenvalue weighted by molar-refractivity contribution is 4.88. The molecule has 1 heterocycles. The Labute approximate surface area is 77.2 Å². The number of hydrogen-bond acceptors (Lipinski definition) is 5. The van der Waals surface area contributed by atoms with Crippen LogP contribution in [0.3, 0.4) is 0 Å². The minimum atomic E-state index is -1.05. The van der Waals surface area contributed by atoms with Gasteiger partial charge < -0.3 is 24.4 Å². The highest BCUT2D eigenvalue weighted by Crippen LogP contribution is 2.23. The molecular formula is C8H16O5. The Morgan fingerprint density at radius 1 is 1.08 bits per heavy atom. The van der Waals surface area contributed by atoms with Crippen LogP contribution in [0.1, 0.15) is 6.92 Å². The van der Waals surface area contributed by atoms with Crippen molar-refractivity contribution in [3.63, 3.8) is 0 Å². The predicted molar refractivity (Wildman–Crippen MR) is 44.2 cm³/mol. The first-order chi connectivity index (χ1) is 6.11. The van der Waals surface area contributed by atoms with Crippen LogP contribution in [-0.2, 0) is 14.2 Å². The lowest BCUT2D eigenvalue weighted by molar-refractivity contribution is -0.287. The quantitative estimate of drug-likeness (QED) is 0.594. The molecule has 0 amide bonds. The maximum absolute atomic E-state index is 9.62. The van der Waals surface area contributed by atoms with E-state index in [-0.39, 0.29) is 0 Å². The molecule has 0 saturated carbocycles. The van der Waals surface area contributed by atoms with E-state index in [1.807, 2.05) is 0 Å². The maximum atomic E-state index is 9.62. The minimum Gasteiger partial charge on any atom is -0.388 e. The second kappa shape index (κ2) is 4.34. The zero-order valence-corrected chi connectivity index (χ0v) is 8.01. The van der Waals surface area contributed by atoms with Crippen molar-refractivity contribution < 1.29 is 24.4 Å². The highest BCUT2D eigenvalue weighted by Gasteiger charge is 2.43. The first-order valence-corrected chi connectivity index (χ1v) is 4.19. The second-order valence-corrected chi connectivity index (χ2v) is 3.12. The molecule has 0 aromatic rings. The molecule has 1 rings (SSSR count). The van der Waals surface area contributed by atoms with Crippen LogP contribution in [0.5, 0.6) is 0 Å². The number of hydrogen-bond donors (Lipinski definition) is 2. The van der Waals surface area contributed by atoms with E-state index in [9.17, 15) is 10.2 Å². The van der Waals surface area contributed by atoms with Crippen molar-refractivity contribution in [2.75, 3.05) is 14.2 Å². The summed E-state index contributed by atoms with van der Waals surface area (Å²) >= 11 is 0. The monoisotopic (exact) mass is 192 g/mol. The third kappa shape index (κ3) is 2.00. The molecule has 78 valence electrons. The number of aliphatic hydroxyl groups excluding tert-OH is 2. The van der Waals surface area contributed by atoms with Gasteiger partial charge in [0.15, 0.2) is 6.29 Å². The molecule has 1 fully saturated rings. The molecule has 1 saturated heterocycles. The van der Waals surface area contributed by atoms with Crippen LogP contribution in [0.2, 0.25) is 0 Å². The van der Waals surface area contributed by atoms with Crippen LogP contribution in [-0.4, -0.2) is 55.1 Å². The van der Waals surface area contributed by atoms with Crippen LogP contribution < -0.4 is 0 Å². The van der Waals surface area contributed by atoms with Gasteiger partial charge in [0.2, 0.25) is 0 Å². The number of ether oxygens (including phenoxy) is 3. The Balaban J connectivity index is 2.71. The van der Waals surface area contributed by atoms with E-state index in [4.69, 9.17) is 14.2 Å². The van der Waals surface area contributed by atoms with Crippen LogP contribution in [0.25, 0.3) is 0 Å². The molecule has 0 aromatic carbocycles. The lowest BCUT2D eigenvalue weighted by Crippen LogP contribution is -2.57. The summed E-state index contributed by atoms with van der Waals surface area (Å²) in [6, 6.07) is 0. The molecule has 1 unspecified atom stereocenters. The summed E-state index contributed by atoms with van der Waals surface area (Å²) in [5.74, 6) is 0. The first-order valence-electron chi connectivity index (χ1n) is 4.19. The van der Waals surface area contributed by atoms with Crippen molar-refractivity contribution in [3.8, 4) is 0 Å². The van der Waals surface area contributed by atoms with Crippen molar-refractivity contribution in [1.82, 2.24) is 0 Å². The molecule has 0 bridgehead atoms. The topological polar surface area (TPSA) is 68.2 Å². The molecule has 1 aliphatic heterocycles. The molecule has 0 spiro atoms. The van der Waals surface area contributed by atoms with Gasteiger partial charge in [0, 0.05) is 14.2 Å². The van der Waals surface area contributed by atoms with E-state index in [1.165, 1.54) is 14.2 Å². The molecular weight excluding hydrogens is 176 g/mol. The van der Waals surface area contributed by atoms with Gasteiger partial charge in [-0.25, -0.2) is 0 Å². The van der Waals surface area contributed by atoms with E-state index >= 15 is 0 Å². The molecule has 2 N–H and O–H groups in total. The Bertz CT molecular complexity index is 163. The Morgan fingerprint density at radius 3 is 2.08 bits per heavy atom. The zero-order chi connectivity index (χ0) is 10.0. The average Bonchev–Trinajstić information content (AvgIpc) is 2.10. The maximum Gasteiger partial charge on any atom is 0.184 e. The standard InChI is InChI=1S/C8H16O5/c1-4-5(9)6(11-2)7(12-3)8(10)13-4/h4-10H,1-3H3/t4-,5-,6-,7-,8?/m1/s1. The molecule has 13 heavy (non-hydrogen) atoms. The SMILES string of the molecule is CO[C@@H]1[C@H](O)[C@@H](C)OC(O)[C@@H]1OC. The molecule has 5 atom stereocenters. The van der Waals surface area contributed by atoms with Crippen molar-refractivity contribution in [1.29, 1.82) is 0 Å². The van der Waals surface area contributed by atoms with Gasteiger partial charge in [-0.3, -0.25) is 0 Å².